The molecule has 1 fully saturated rings. The van der Waals surface area contributed by atoms with Gasteiger partial charge in [-0.2, -0.15) is 0 Å². The van der Waals surface area contributed by atoms with Gasteiger partial charge in [-0.15, -0.1) is 0 Å². The molecule has 0 bridgehead atoms. The number of rotatable bonds is 2. The minimum Gasteiger partial charge on any atom is -0.397 e. The summed E-state index contributed by atoms with van der Waals surface area (Å²) in [5.74, 6) is 0.966. The molecule has 2 heterocycles. The molecule has 88 valence electrons. The Morgan fingerprint density at radius 1 is 1.38 bits per heavy atom. The van der Waals surface area contributed by atoms with Crippen molar-refractivity contribution in [2.24, 2.45) is 0 Å². The Morgan fingerprint density at radius 2 is 2.06 bits per heavy atom. The highest BCUT2D eigenvalue weighted by atomic mass is 16.5. The molecule has 1 aromatic heterocycles. The SMILES string of the molecule is CC(C)c1ncc(C2CCOCC2)cc1N. The van der Waals surface area contributed by atoms with Crippen molar-refractivity contribution in [2.45, 2.75) is 38.5 Å². The number of aromatic nitrogens is 1. The second-order valence-electron chi connectivity index (χ2n) is 4.78. The number of ether oxygens (including phenoxy) is 1. The molecule has 3 heteroatoms. The molecular weight excluding hydrogens is 200 g/mol. The quantitative estimate of drug-likeness (QED) is 0.833. The van der Waals surface area contributed by atoms with Crippen LogP contribution in [-0.4, -0.2) is 18.2 Å². The van der Waals surface area contributed by atoms with Crippen LogP contribution in [0, 0.1) is 0 Å². The molecule has 2 rings (SSSR count). The molecule has 1 aliphatic heterocycles. The first-order valence-corrected chi connectivity index (χ1v) is 6.01. The normalized spacial score (nSPS) is 17.9. The second-order valence-corrected chi connectivity index (χ2v) is 4.78. The van der Waals surface area contributed by atoms with Gasteiger partial charge in [0, 0.05) is 19.4 Å². The molecule has 3 nitrogen and oxygen atoms in total. The van der Waals surface area contributed by atoms with E-state index < -0.39 is 0 Å². The van der Waals surface area contributed by atoms with E-state index in [1.54, 1.807) is 0 Å². The Balaban J connectivity index is 2.19. The molecule has 1 aromatic rings. The molecular formula is C13H20N2O. The van der Waals surface area contributed by atoms with Crippen molar-refractivity contribution in [1.29, 1.82) is 0 Å². The fourth-order valence-corrected chi connectivity index (χ4v) is 2.25. The summed E-state index contributed by atoms with van der Waals surface area (Å²) < 4.78 is 5.36. The third-order valence-electron chi connectivity index (χ3n) is 3.21. The molecule has 1 saturated heterocycles. The Labute approximate surface area is 97.0 Å². The fraction of sp³-hybridized carbons (Fsp3) is 0.615. The molecule has 1 aliphatic rings. The Kier molecular flexibility index (Phi) is 3.44. The van der Waals surface area contributed by atoms with Crippen molar-refractivity contribution in [2.75, 3.05) is 18.9 Å². The van der Waals surface area contributed by atoms with Gasteiger partial charge < -0.3 is 10.5 Å². The van der Waals surface area contributed by atoms with Crippen LogP contribution >= 0.6 is 0 Å². The molecule has 0 radical (unpaired) electrons. The van der Waals surface area contributed by atoms with E-state index in [1.165, 1.54) is 5.56 Å². The van der Waals surface area contributed by atoms with Crippen molar-refractivity contribution in [3.05, 3.63) is 23.5 Å². The summed E-state index contributed by atoms with van der Waals surface area (Å²) in [7, 11) is 0. The van der Waals surface area contributed by atoms with Gasteiger partial charge in [0.05, 0.1) is 11.4 Å². The van der Waals surface area contributed by atoms with E-state index >= 15 is 0 Å². The van der Waals surface area contributed by atoms with Crippen LogP contribution in [0.3, 0.4) is 0 Å². The summed E-state index contributed by atoms with van der Waals surface area (Å²) in [6, 6.07) is 2.10. The summed E-state index contributed by atoms with van der Waals surface area (Å²) in [6.07, 6.45) is 4.16. The summed E-state index contributed by atoms with van der Waals surface area (Å²) in [4.78, 5) is 4.49. The standard InChI is InChI=1S/C13H20N2O/c1-9(2)13-12(14)7-11(8-15-13)10-3-5-16-6-4-10/h7-10H,3-6,14H2,1-2H3. The number of hydrogen-bond acceptors (Lipinski definition) is 3. The number of pyridine rings is 1. The van der Waals surface area contributed by atoms with E-state index in [9.17, 15) is 0 Å². The zero-order valence-electron chi connectivity index (χ0n) is 10.1. The van der Waals surface area contributed by atoms with E-state index in [-0.39, 0.29) is 0 Å². The molecule has 2 N–H and O–H groups in total. The highest BCUT2D eigenvalue weighted by Gasteiger charge is 2.17. The number of nitrogens with zero attached hydrogens (tertiary/aromatic N) is 1. The lowest BCUT2D eigenvalue weighted by molar-refractivity contribution is 0.0853. The van der Waals surface area contributed by atoms with Crippen molar-refractivity contribution >= 4 is 5.69 Å². The Morgan fingerprint density at radius 3 is 2.62 bits per heavy atom. The van der Waals surface area contributed by atoms with Crippen LogP contribution in [0.1, 0.15) is 49.8 Å². The zero-order valence-corrected chi connectivity index (χ0v) is 10.1. The van der Waals surface area contributed by atoms with Crippen LogP contribution in [0.2, 0.25) is 0 Å². The Bertz CT molecular complexity index is 357. The number of anilines is 1. The maximum absolute atomic E-state index is 6.04. The predicted molar refractivity (Wildman–Crippen MR) is 65.5 cm³/mol. The summed E-state index contributed by atoms with van der Waals surface area (Å²) in [5.41, 5.74) is 9.15. The smallest absolute Gasteiger partial charge is 0.0658 e. The summed E-state index contributed by atoms with van der Waals surface area (Å²) in [5, 5.41) is 0. The van der Waals surface area contributed by atoms with Gasteiger partial charge in [-0.25, -0.2) is 0 Å². The molecule has 16 heavy (non-hydrogen) atoms. The van der Waals surface area contributed by atoms with Crippen LogP contribution in [0.5, 0.6) is 0 Å². The lowest BCUT2D eigenvalue weighted by Gasteiger charge is -2.23. The average Bonchev–Trinajstić information content (AvgIpc) is 2.29. The first kappa shape index (κ1) is 11.4. The van der Waals surface area contributed by atoms with Crippen LogP contribution < -0.4 is 5.73 Å². The minimum absolute atomic E-state index is 0.392. The lowest BCUT2D eigenvalue weighted by atomic mass is 9.92. The Hall–Kier alpha value is -1.09. The van der Waals surface area contributed by atoms with Crippen molar-refractivity contribution in [3.63, 3.8) is 0 Å². The maximum Gasteiger partial charge on any atom is 0.0658 e. The van der Waals surface area contributed by atoms with Crippen molar-refractivity contribution in [1.82, 2.24) is 4.98 Å². The van der Waals surface area contributed by atoms with Gasteiger partial charge in [0.2, 0.25) is 0 Å². The van der Waals surface area contributed by atoms with Gasteiger partial charge in [-0.3, -0.25) is 4.98 Å². The van der Waals surface area contributed by atoms with E-state index in [2.05, 4.69) is 24.9 Å². The van der Waals surface area contributed by atoms with E-state index in [0.29, 0.717) is 11.8 Å². The number of nitrogens with two attached hydrogens (primary N) is 1. The second kappa shape index (κ2) is 4.83. The molecule has 0 amide bonds. The molecule has 0 saturated carbocycles. The van der Waals surface area contributed by atoms with Crippen LogP contribution in [0.4, 0.5) is 5.69 Å². The number of hydrogen-bond donors (Lipinski definition) is 1. The van der Waals surface area contributed by atoms with Gasteiger partial charge >= 0.3 is 0 Å². The van der Waals surface area contributed by atoms with Gasteiger partial charge in [-0.1, -0.05) is 13.8 Å². The topological polar surface area (TPSA) is 48.1 Å². The van der Waals surface area contributed by atoms with E-state index in [4.69, 9.17) is 10.5 Å². The largest absolute Gasteiger partial charge is 0.397 e. The monoisotopic (exact) mass is 220 g/mol. The van der Waals surface area contributed by atoms with Gasteiger partial charge in [0.15, 0.2) is 0 Å². The van der Waals surface area contributed by atoms with Crippen LogP contribution in [0.25, 0.3) is 0 Å². The van der Waals surface area contributed by atoms with Gasteiger partial charge in [0.1, 0.15) is 0 Å². The third-order valence-corrected chi connectivity index (χ3v) is 3.21. The molecule has 0 atom stereocenters. The predicted octanol–water partition coefficient (Wildman–Crippen LogP) is 2.68. The van der Waals surface area contributed by atoms with E-state index in [0.717, 1.165) is 37.4 Å². The molecule has 0 aliphatic carbocycles. The summed E-state index contributed by atoms with van der Waals surface area (Å²) >= 11 is 0. The molecule has 0 unspecified atom stereocenters. The average molecular weight is 220 g/mol. The number of nitrogen functional groups attached to an aromatic ring is 1. The van der Waals surface area contributed by atoms with E-state index in [1.807, 2.05) is 6.20 Å². The highest BCUT2D eigenvalue weighted by Crippen LogP contribution is 2.29. The van der Waals surface area contributed by atoms with Gasteiger partial charge in [0.25, 0.3) is 0 Å². The van der Waals surface area contributed by atoms with Crippen LogP contribution in [-0.2, 0) is 4.74 Å². The minimum atomic E-state index is 0.392. The lowest BCUT2D eigenvalue weighted by Crippen LogP contribution is -2.15. The van der Waals surface area contributed by atoms with Gasteiger partial charge in [-0.05, 0) is 36.3 Å². The van der Waals surface area contributed by atoms with Crippen molar-refractivity contribution in [3.8, 4) is 0 Å². The van der Waals surface area contributed by atoms with Crippen molar-refractivity contribution < 1.29 is 4.74 Å². The first-order valence-electron chi connectivity index (χ1n) is 6.01. The third kappa shape index (κ3) is 2.35. The highest BCUT2D eigenvalue weighted by molar-refractivity contribution is 5.47. The first-order chi connectivity index (χ1) is 7.68. The molecule has 0 spiro atoms. The van der Waals surface area contributed by atoms with Crippen LogP contribution in [0.15, 0.2) is 12.3 Å². The zero-order chi connectivity index (χ0) is 11.5. The summed E-state index contributed by atoms with van der Waals surface area (Å²) in [6.45, 7) is 5.95. The fourth-order valence-electron chi connectivity index (χ4n) is 2.25. The maximum atomic E-state index is 6.04. The molecule has 0 aromatic carbocycles.